The summed E-state index contributed by atoms with van der Waals surface area (Å²) >= 11 is 0. The average Bonchev–Trinajstić information content (AvgIpc) is 2.34. The lowest BCUT2D eigenvalue weighted by Crippen LogP contribution is -2.44. The maximum Gasteiger partial charge on any atom is 0.408 e. The van der Waals surface area contributed by atoms with Crippen LogP contribution in [0.5, 0.6) is 0 Å². The zero-order chi connectivity index (χ0) is 14.4. The summed E-state index contributed by atoms with van der Waals surface area (Å²) in [5.74, 6) is -1.34. The molecule has 0 bridgehead atoms. The molecule has 1 amide bonds. The van der Waals surface area contributed by atoms with E-state index in [1.54, 1.807) is 26.0 Å². The highest BCUT2D eigenvalue weighted by atomic mass is 16.5. The molecule has 1 heterocycles. The summed E-state index contributed by atoms with van der Waals surface area (Å²) < 4.78 is 4.88. The van der Waals surface area contributed by atoms with Crippen molar-refractivity contribution < 1.29 is 19.4 Å². The number of nitrogens with two attached hydrogens (primary N) is 1. The second kappa shape index (κ2) is 6.58. The molecule has 0 saturated carbocycles. The third-order valence-electron chi connectivity index (χ3n) is 2.40. The molecule has 1 rings (SSSR count). The van der Waals surface area contributed by atoms with Gasteiger partial charge in [0.2, 0.25) is 0 Å². The molecule has 0 aliphatic rings. The Labute approximate surface area is 110 Å². The van der Waals surface area contributed by atoms with Crippen molar-refractivity contribution in [2.24, 2.45) is 5.92 Å². The summed E-state index contributed by atoms with van der Waals surface area (Å²) in [6, 6.07) is 2.28. The minimum atomic E-state index is -1.10. The first-order valence-corrected chi connectivity index (χ1v) is 5.76. The Kier molecular flexibility index (Phi) is 5.11. The number of nitrogens with zero attached hydrogens (tertiary/aromatic N) is 1. The molecule has 0 aromatic carbocycles. The molecule has 0 spiro atoms. The predicted molar refractivity (Wildman–Crippen MR) is 68.2 cm³/mol. The molecule has 0 fully saturated rings. The van der Waals surface area contributed by atoms with Gasteiger partial charge in [0.05, 0.1) is 17.6 Å². The number of carbonyl (C=O) groups excluding carboxylic acids is 1. The first kappa shape index (κ1) is 14.7. The highest BCUT2D eigenvalue weighted by molar-refractivity contribution is 5.80. The molecule has 1 aromatic heterocycles. The van der Waals surface area contributed by atoms with Gasteiger partial charge in [0.25, 0.3) is 0 Å². The van der Waals surface area contributed by atoms with Crippen LogP contribution < -0.4 is 11.1 Å². The number of carbonyl (C=O) groups is 2. The molecular formula is C12H17N3O4. The van der Waals surface area contributed by atoms with Crippen LogP contribution >= 0.6 is 0 Å². The summed E-state index contributed by atoms with van der Waals surface area (Å²) in [7, 11) is 0. The molecule has 1 aromatic rings. The molecule has 0 unspecified atom stereocenters. The zero-order valence-electron chi connectivity index (χ0n) is 10.8. The van der Waals surface area contributed by atoms with Gasteiger partial charge >= 0.3 is 12.1 Å². The molecule has 0 aliphatic heterocycles. The molecule has 4 N–H and O–H groups in total. The highest BCUT2D eigenvalue weighted by Gasteiger charge is 2.23. The highest BCUT2D eigenvalue weighted by Crippen LogP contribution is 2.04. The number of aromatic nitrogens is 1. The van der Waals surface area contributed by atoms with E-state index in [1.807, 2.05) is 0 Å². The largest absolute Gasteiger partial charge is 0.480 e. The van der Waals surface area contributed by atoms with E-state index in [9.17, 15) is 9.59 Å². The van der Waals surface area contributed by atoms with Crippen LogP contribution in [0.15, 0.2) is 18.3 Å². The smallest absolute Gasteiger partial charge is 0.408 e. The standard InChI is InChI=1S/C12H17N3O4/c1-7(2)10(11(16)17)15-12(18)19-6-9-4-3-8(13)5-14-9/h3-5,7,10H,6,13H2,1-2H3,(H,15,18)(H,16,17)/t10-/m0/s1. The summed E-state index contributed by atoms with van der Waals surface area (Å²) in [5.41, 5.74) is 6.51. The molecule has 0 saturated heterocycles. The van der Waals surface area contributed by atoms with Gasteiger partial charge in [-0.2, -0.15) is 0 Å². The Morgan fingerprint density at radius 1 is 1.47 bits per heavy atom. The molecule has 0 radical (unpaired) electrons. The summed E-state index contributed by atoms with van der Waals surface area (Å²) in [6.45, 7) is 3.34. The van der Waals surface area contributed by atoms with Crippen LogP contribution in [0, 0.1) is 5.92 Å². The van der Waals surface area contributed by atoms with E-state index in [4.69, 9.17) is 15.6 Å². The molecule has 104 valence electrons. The Balaban J connectivity index is 2.47. The predicted octanol–water partition coefficient (Wildman–Crippen LogP) is 0.999. The zero-order valence-corrected chi connectivity index (χ0v) is 10.8. The lowest BCUT2D eigenvalue weighted by Gasteiger charge is -2.17. The molecule has 7 heteroatoms. The molecule has 19 heavy (non-hydrogen) atoms. The fourth-order valence-electron chi connectivity index (χ4n) is 1.34. The van der Waals surface area contributed by atoms with E-state index in [-0.39, 0.29) is 12.5 Å². The molecule has 7 nitrogen and oxygen atoms in total. The number of anilines is 1. The van der Waals surface area contributed by atoms with Crippen molar-refractivity contribution in [3.8, 4) is 0 Å². The number of carboxylic acid groups (broad SMARTS) is 1. The number of pyridine rings is 1. The number of rotatable bonds is 5. The topological polar surface area (TPSA) is 115 Å². The minimum absolute atomic E-state index is 0.0451. The van der Waals surface area contributed by atoms with Gasteiger partial charge in [-0.15, -0.1) is 0 Å². The monoisotopic (exact) mass is 267 g/mol. The molecule has 0 aliphatic carbocycles. The fourth-order valence-corrected chi connectivity index (χ4v) is 1.34. The van der Waals surface area contributed by atoms with E-state index in [1.165, 1.54) is 6.20 Å². The second-order valence-electron chi connectivity index (χ2n) is 4.36. The van der Waals surface area contributed by atoms with Gasteiger partial charge in [-0.25, -0.2) is 9.59 Å². The van der Waals surface area contributed by atoms with Gasteiger partial charge in [-0.1, -0.05) is 13.8 Å². The van der Waals surface area contributed by atoms with Gasteiger partial charge < -0.3 is 20.9 Å². The van der Waals surface area contributed by atoms with Crippen LogP contribution in [-0.2, 0) is 16.1 Å². The SMILES string of the molecule is CC(C)[C@H](NC(=O)OCc1ccc(N)cn1)C(=O)O. The third-order valence-corrected chi connectivity index (χ3v) is 2.40. The van der Waals surface area contributed by atoms with E-state index in [0.29, 0.717) is 11.4 Å². The Bertz CT molecular complexity index is 445. The molecular weight excluding hydrogens is 250 g/mol. The van der Waals surface area contributed by atoms with E-state index in [0.717, 1.165) is 0 Å². The van der Waals surface area contributed by atoms with Gasteiger partial charge in [0.1, 0.15) is 12.6 Å². The summed E-state index contributed by atoms with van der Waals surface area (Å²) in [5, 5.41) is 11.2. The third kappa shape index (κ3) is 4.82. The van der Waals surface area contributed by atoms with Crippen molar-refractivity contribution in [3.05, 3.63) is 24.0 Å². The first-order valence-electron chi connectivity index (χ1n) is 5.76. The van der Waals surface area contributed by atoms with Crippen molar-refractivity contribution in [3.63, 3.8) is 0 Å². The number of aliphatic carboxylic acids is 1. The maximum atomic E-state index is 11.5. The number of nitrogens with one attached hydrogen (secondary N) is 1. The number of carboxylic acids is 1. The van der Waals surface area contributed by atoms with Crippen LogP contribution in [0.1, 0.15) is 19.5 Å². The van der Waals surface area contributed by atoms with Gasteiger partial charge in [-0.05, 0) is 18.1 Å². The van der Waals surface area contributed by atoms with Crippen molar-refractivity contribution in [2.45, 2.75) is 26.5 Å². The average molecular weight is 267 g/mol. The van der Waals surface area contributed by atoms with Crippen LogP contribution in [0.25, 0.3) is 0 Å². The number of amides is 1. The van der Waals surface area contributed by atoms with Gasteiger partial charge in [-0.3, -0.25) is 4.98 Å². The maximum absolute atomic E-state index is 11.5. The second-order valence-corrected chi connectivity index (χ2v) is 4.36. The van der Waals surface area contributed by atoms with Crippen LogP contribution in [0.4, 0.5) is 10.5 Å². The Morgan fingerprint density at radius 3 is 2.63 bits per heavy atom. The number of alkyl carbamates (subject to hydrolysis) is 1. The fraction of sp³-hybridized carbons (Fsp3) is 0.417. The normalized spacial score (nSPS) is 11.9. The van der Waals surface area contributed by atoms with Crippen LogP contribution in [0.2, 0.25) is 0 Å². The Hall–Kier alpha value is -2.31. The van der Waals surface area contributed by atoms with Gasteiger partial charge in [0.15, 0.2) is 0 Å². The number of hydrogen-bond acceptors (Lipinski definition) is 5. The van der Waals surface area contributed by atoms with Crippen molar-refractivity contribution >= 4 is 17.7 Å². The Morgan fingerprint density at radius 2 is 2.16 bits per heavy atom. The number of ether oxygens (including phenoxy) is 1. The van der Waals surface area contributed by atoms with Crippen LogP contribution in [0.3, 0.4) is 0 Å². The lowest BCUT2D eigenvalue weighted by molar-refractivity contribution is -0.140. The lowest BCUT2D eigenvalue weighted by atomic mass is 10.1. The van der Waals surface area contributed by atoms with E-state index in [2.05, 4.69) is 10.3 Å². The summed E-state index contributed by atoms with van der Waals surface area (Å²) in [6.07, 6.45) is 0.657. The quantitative estimate of drug-likeness (QED) is 0.733. The molecule has 1 atom stereocenters. The summed E-state index contributed by atoms with van der Waals surface area (Å²) in [4.78, 5) is 26.3. The van der Waals surface area contributed by atoms with Crippen molar-refractivity contribution in [2.75, 3.05) is 5.73 Å². The van der Waals surface area contributed by atoms with Crippen LogP contribution in [-0.4, -0.2) is 28.2 Å². The minimum Gasteiger partial charge on any atom is -0.480 e. The van der Waals surface area contributed by atoms with Crippen molar-refractivity contribution in [1.82, 2.24) is 10.3 Å². The van der Waals surface area contributed by atoms with E-state index < -0.39 is 18.1 Å². The van der Waals surface area contributed by atoms with Gasteiger partial charge in [0, 0.05) is 0 Å². The first-order chi connectivity index (χ1) is 8.90. The van der Waals surface area contributed by atoms with E-state index >= 15 is 0 Å². The number of hydrogen-bond donors (Lipinski definition) is 3. The number of nitrogen functional groups attached to an aromatic ring is 1. The van der Waals surface area contributed by atoms with Crippen molar-refractivity contribution in [1.29, 1.82) is 0 Å².